The predicted molar refractivity (Wildman–Crippen MR) is 63.4 cm³/mol. The van der Waals surface area contributed by atoms with Crippen LogP contribution in [0.1, 0.15) is 20.3 Å². The largest absolute Gasteiger partial charge is 0.396 e. The van der Waals surface area contributed by atoms with Crippen molar-refractivity contribution >= 4 is 22.2 Å². The average Bonchev–Trinajstić information content (AvgIpc) is 2.45. The molecule has 8 heteroatoms. The van der Waals surface area contributed by atoms with Crippen LogP contribution in [0, 0.1) is 0 Å². The van der Waals surface area contributed by atoms with Gasteiger partial charge in [-0.3, -0.25) is 9.11 Å². The molecule has 0 aromatic heterocycles. The average molecular weight is 271 g/mol. The Morgan fingerprint density at radius 2 is 2.00 bits per heavy atom. The second-order valence-corrected chi connectivity index (χ2v) is 5.04. The van der Waals surface area contributed by atoms with Crippen LogP contribution in [0.5, 0.6) is 0 Å². The molecule has 0 aliphatic carbocycles. The summed E-state index contributed by atoms with van der Waals surface area (Å²) in [5.74, 6) is 0. The van der Waals surface area contributed by atoms with Crippen LogP contribution in [-0.2, 0) is 10.4 Å². The van der Waals surface area contributed by atoms with Gasteiger partial charge in [-0.25, -0.2) is 0 Å². The summed E-state index contributed by atoms with van der Waals surface area (Å²) in [7, 11) is -4.67. The van der Waals surface area contributed by atoms with Crippen LogP contribution in [-0.4, -0.2) is 46.1 Å². The quantitative estimate of drug-likeness (QED) is 0.658. The van der Waals surface area contributed by atoms with Gasteiger partial charge in [-0.15, -0.1) is 11.8 Å². The Kier molecular flexibility index (Phi) is 7.00. The molecule has 1 heterocycles. The van der Waals surface area contributed by atoms with Crippen molar-refractivity contribution in [1.82, 2.24) is 4.90 Å². The molecular formula is C8H17NO5S2. The van der Waals surface area contributed by atoms with Crippen molar-refractivity contribution in [3.8, 4) is 0 Å². The summed E-state index contributed by atoms with van der Waals surface area (Å²) >= 11 is 1.81. The zero-order chi connectivity index (χ0) is 12.8. The van der Waals surface area contributed by atoms with E-state index < -0.39 is 10.4 Å². The van der Waals surface area contributed by atoms with Gasteiger partial charge < -0.3 is 10.0 Å². The Morgan fingerprint density at radius 3 is 2.38 bits per heavy atom. The molecule has 16 heavy (non-hydrogen) atoms. The number of nitrogens with zero attached hydrogens (tertiary/aromatic N) is 1. The monoisotopic (exact) mass is 271 g/mol. The van der Waals surface area contributed by atoms with Gasteiger partial charge in [0, 0.05) is 25.3 Å². The lowest BCUT2D eigenvalue weighted by molar-refractivity contribution is 0.245. The van der Waals surface area contributed by atoms with Gasteiger partial charge in [0.1, 0.15) is 0 Å². The second kappa shape index (κ2) is 7.13. The molecule has 0 spiro atoms. The van der Waals surface area contributed by atoms with E-state index in [4.69, 9.17) is 22.6 Å². The van der Waals surface area contributed by atoms with Crippen molar-refractivity contribution < 1.29 is 22.6 Å². The molecule has 0 saturated carbocycles. The molecule has 0 amide bonds. The highest BCUT2D eigenvalue weighted by Gasteiger charge is 2.21. The normalized spacial score (nSPS) is 20.2. The van der Waals surface area contributed by atoms with Gasteiger partial charge in [-0.05, 0) is 19.3 Å². The molecule has 96 valence electrons. The first kappa shape index (κ1) is 15.7. The zero-order valence-corrected chi connectivity index (χ0v) is 10.8. The van der Waals surface area contributed by atoms with Gasteiger partial charge in [0.15, 0.2) is 0 Å². The maximum Gasteiger partial charge on any atom is 0.394 e. The van der Waals surface area contributed by atoms with E-state index in [1.54, 1.807) is 0 Å². The Balaban J connectivity index is 0.000000385. The second-order valence-electron chi connectivity index (χ2n) is 3.10. The number of hydrogen-bond acceptors (Lipinski definition) is 5. The van der Waals surface area contributed by atoms with E-state index in [1.165, 1.54) is 5.70 Å². The minimum Gasteiger partial charge on any atom is -0.396 e. The van der Waals surface area contributed by atoms with Crippen LogP contribution < -0.4 is 0 Å². The molecule has 1 atom stereocenters. The lowest BCUT2D eigenvalue weighted by Crippen LogP contribution is -2.27. The topological polar surface area (TPSA) is 98.1 Å². The number of allylic oxidation sites excluding steroid dienone is 1. The molecular weight excluding hydrogens is 254 g/mol. The highest BCUT2D eigenvalue weighted by molar-refractivity contribution is 8.02. The zero-order valence-electron chi connectivity index (χ0n) is 9.20. The van der Waals surface area contributed by atoms with Crippen LogP contribution >= 0.6 is 11.8 Å². The van der Waals surface area contributed by atoms with Gasteiger partial charge in [-0.2, -0.15) is 8.42 Å². The summed E-state index contributed by atoms with van der Waals surface area (Å²) in [6.45, 7) is 5.59. The maximum absolute atomic E-state index is 8.76. The van der Waals surface area contributed by atoms with Crippen LogP contribution in [0.3, 0.4) is 0 Å². The number of aliphatic hydroxyl groups excluding tert-OH is 1. The number of hydrogen-bond donors (Lipinski definition) is 3. The van der Waals surface area contributed by atoms with E-state index in [0.29, 0.717) is 5.37 Å². The van der Waals surface area contributed by atoms with Gasteiger partial charge in [0.05, 0.1) is 5.37 Å². The first-order chi connectivity index (χ1) is 7.29. The van der Waals surface area contributed by atoms with Crippen molar-refractivity contribution in [3.05, 3.63) is 11.1 Å². The SMILES string of the molecule is CCN1C(C)=CSC1CCO.O=S(=O)(O)O. The van der Waals surface area contributed by atoms with E-state index in [0.717, 1.165) is 13.0 Å². The van der Waals surface area contributed by atoms with Gasteiger partial charge in [0.25, 0.3) is 0 Å². The van der Waals surface area contributed by atoms with E-state index >= 15 is 0 Å². The van der Waals surface area contributed by atoms with Gasteiger partial charge in [0.2, 0.25) is 0 Å². The smallest absolute Gasteiger partial charge is 0.394 e. The lowest BCUT2D eigenvalue weighted by Gasteiger charge is -2.25. The minimum absolute atomic E-state index is 0.287. The van der Waals surface area contributed by atoms with Gasteiger partial charge in [-0.1, -0.05) is 0 Å². The van der Waals surface area contributed by atoms with Crippen molar-refractivity contribution in [2.24, 2.45) is 0 Å². The van der Waals surface area contributed by atoms with Crippen LogP contribution in [0.2, 0.25) is 0 Å². The standard InChI is InChI=1S/C8H15NOS.H2O4S/c1-3-9-7(2)6-11-8(9)4-5-10;1-5(2,3)4/h6,8,10H,3-5H2,1-2H3;(H2,1,2,3,4). The van der Waals surface area contributed by atoms with E-state index in [-0.39, 0.29) is 6.61 Å². The van der Waals surface area contributed by atoms with Crippen LogP contribution in [0.15, 0.2) is 11.1 Å². The van der Waals surface area contributed by atoms with Crippen molar-refractivity contribution in [3.63, 3.8) is 0 Å². The predicted octanol–water partition coefficient (Wildman–Crippen LogP) is 0.972. The molecule has 1 aliphatic rings. The van der Waals surface area contributed by atoms with E-state index in [1.807, 2.05) is 11.8 Å². The summed E-state index contributed by atoms with van der Waals surface area (Å²) in [6, 6.07) is 0. The Hall–Kier alpha value is -0.280. The Morgan fingerprint density at radius 1 is 1.50 bits per heavy atom. The molecule has 1 aliphatic heterocycles. The molecule has 1 unspecified atom stereocenters. The molecule has 6 nitrogen and oxygen atoms in total. The van der Waals surface area contributed by atoms with E-state index in [9.17, 15) is 0 Å². The maximum atomic E-state index is 8.76. The summed E-state index contributed by atoms with van der Waals surface area (Å²) in [5.41, 5.74) is 1.33. The molecule has 0 aromatic rings. The molecule has 3 N–H and O–H groups in total. The third kappa shape index (κ3) is 7.07. The summed E-state index contributed by atoms with van der Waals surface area (Å²) in [5, 5.41) is 11.4. The van der Waals surface area contributed by atoms with Crippen LogP contribution in [0.25, 0.3) is 0 Å². The molecule has 0 aromatic carbocycles. The fourth-order valence-corrected chi connectivity index (χ4v) is 2.53. The Labute approximate surface area is 99.9 Å². The number of aliphatic hydroxyl groups is 1. The van der Waals surface area contributed by atoms with Gasteiger partial charge >= 0.3 is 10.4 Å². The Bertz CT molecular complexity index is 319. The summed E-state index contributed by atoms with van der Waals surface area (Å²) in [4.78, 5) is 2.32. The van der Waals surface area contributed by atoms with Crippen molar-refractivity contribution in [2.45, 2.75) is 25.6 Å². The minimum atomic E-state index is -4.67. The number of rotatable bonds is 3. The molecule has 0 bridgehead atoms. The van der Waals surface area contributed by atoms with Crippen molar-refractivity contribution in [1.29, 1.82) is 0 Å². The molecule has 0 fully saturated rings. The van der Waals surface area contributed by atoms with Crippen molar-refractivity contribution in [2.75, 3.05) is 13.2 Å². The van der Waals surface area contributed by atoms with Crippen LogP contribution in [0.4, 0.5) is 0 Å². The van der Waals surface area contributed by atoms with E-state index in [2.05, 4.69) is 24.2 Å². The third-order valence-electron chi connectivity index (χ3n) is 1.91. The fourth-order valence-electron chi connectivity index (χ4n) is 1.33. The highest BCUT2D eigenvalue weighted by Crippen LogP contribution is 2.31. The number of thioether (sulfide) groups is 1. The highest BCUT2D eigenvalue weighted by atomic mass is 32.3. The third-order valence-corrected chi connectivity index (χ3v) is 3.19. The molecule has 0 radical (unpaired) electrons. The molecule has 0 saturated heterocycles. The summed E-state index contributed by atoms with van der Waals surface area (Å²) in [6.07, 6.45) is 0.867. The molecule has 1 rings (SSSR count). The first-order valence-electron chi connectivity index (χ1n) is 4.69. The fraction of sp³-hybridized carbons (Fsp3) is 0.750. The lowest BCUT2D eigenvalue weighted by atomic mass is 10.3. The first-order valence-corrected chi connectivity index (χ1v) is 7.03. The summed E-state index contributed by atoms with van der Waals surface area (Å²) < 4.78 is 31.6.